The normalized spacial score (nSPS) is 11.5. The summed E-state index contributed by atoms with van der Waals surface area (Å²) < 4.78 is 5.25. The smallest absolute Gasteiger partial charge is 0.348 e. The largest absolute Gasteiger partial charge is 0.465 e. The molecule has 1 aromatic carbocycles. The van der Waals surface area contributed by atoms with Crippen LogP contribution in [0.5, 0.6) is 0 Å². The van der Waals surface area contributed by atoms with Crippen LogP contribution >= 0.6 is 0 Å². The van der Waals surface area contributed by atoms with Crippen LogP contribution in [0, 0.1) is 11.3 Å². The highest BCUT2D eigenvalue weighted by Crippen LogP contribution is 2.06. The number of carbonyl (C=O) groups is 1. The summed E-state index contributed by atoms with van der Waals surface area (Å²) in [4.78, 5) is 11.7. The number of nitrogens with zero attached hydrogens (tertiary/aromatic N) is 1. The van der Waals surface area contributed by atoms with Gasteiger partial charge in [0.15, 0.2) is 0 Å². The number of ether oxygens (including phenoxy) is 1. The number of benzene rings is 1. The predicted molar refractivity (Wildman–Crippen MR) is 78.4 cm³/mol. The summed E-state index contributed by atoms with van der Waals surface area (Å²) in [6, 6.07) is 11.8. The number of nitriles is 1. The zero-order valence-electron chi connectivity index (χ0n) is 11.2. The Labute approximate surface area is 114 Å². The molecular weight excluding hydrogens is 254 g/mol. The molecule has 0 radical (unpaired) electrons. The molecule has 0 saturated carbocycles. The molecule has 0 bridgehead atoms. The second kappa shape index (κ2) is 6.71. The maximum Gasteiger partial charge on any atom is 0.348 e. The number of hydrogen-bond donors (Lipinski definition) is 0. The summed E-state index contributed by atoms with van der Waals surface area (Å²) in [6.45, 7) is 7.71. The minimum Gasteiger partial charge on any atom is -0.465 e. The highest BCUT2D eigenvalue weighted by atomic mass is 28.3. The molecule has 1 aromatic rings. The summed E-state index contributed by atoms with van der Waals surface area (Å²) in [5.74, 6) is -0.584. The van der Waals surface area contributed by atoms with Gasteiger partial charge in [0, 0.05) is 0 Å². The maximum atomic E-state index is 11.7. The third kappa shape index (κ3) is 4.23. The Bertz CT molecular complexity index is 527. The maximum absolute atomic E-state index is 11.7. The van der Waals surface area contributed by atoms with Crippen LogP contribution < -0.4 is 5.19 Å². The molecule has 0 spiro atoms. The van der Waals surface area contributed by atoms with Crippen molar-refractivity contribution in [2.75, 3.05) is 6.23 Å². The fourth-order valence-corrected chi connectivity index (χ4v) is 3.32. The van der Waals surface area contributed by atoms with E-state index < -0.39 is 14.0 Å². The average Bonchev–Trinajstić information content (AvgIpc) is 2.43. The summed E-state index contributed by atoms with van der Waals surface area (Å²) in [6.07, 6.45) is 3.12. The number of esters is 1. The van der Waals surface area contributed by atoms with Gasteiger partial charge in [-0.2, -0.15) is 5.26 Å². The van der Waals surface area contributed by atoms with Gasteiger partial charge in [-0.25, -0.2) is 4.79 Å². The quantitative estimate of drug-likeness (QED) is 0.271. The average molecular weight is 271 g/mol. The Morgan fingerprint density at radius 1 is 1.42 bits per heavy atom. The van der Waals surface area contributed by atoms with Crippen LogP contribution in [0.4, 0.5) is 0 Å². The van der Waals surface area contributed by atoms with Gasteiger partial charge in [-0.1, -0.05) is 61.3 Å². The minimum atomic E-state index is -1.83. The van der Waals surface area contributed by atoms with E-state index in [9.17, 15) is 4.79 Å². The lowest BCUT2D eigenvalue weighted by atomic mass is 10.3. The third-order valence-electron chi connectivity index (χ3n) is 2.74. The Balaban J connectivity index is 2.72. The molecule has 0 aliphatic rings. The van der Waals surface area contributed by atoms with Crippen molar-refractivity contribution in [3.63, 3.8) is 0 Å². The van der Waals surface area contributed by atoms with Crippen molar-refractivity contribution in [1.82, 2.24) is 0 Å². The topological polar surface area (TPSA) is 50.1 Å². The molecule has 4 heteroatoms. The van der Waals surface area contributed by atoms with E-state index in [1.807, 2.05) is 36.4 Å². The van der Waals surface area contributed by atoms with Gasteiger partial charge < -0.3 is 4.74 Å². The lowest BCUT2D eigenvalue weighted by Gasteiger charge is -2.22. The van der Waals surface area contributed by atoms with Crippen molar-refractivity contribution >= 4 is 19.2 Å². The summed E-state index contributed by atoms with van der Waals surface area (Å²) in [5.41, 5.74) is -0.0205. The van der Waals surface area contributed by atoms with Crippen LogP contribution in [0.1, 0.15) is 0 Å². The van der Waals surface area contributed by atoms with Crippen molar-refractivity contribution in [2.45, 2.75) is 13.1 Å². The van der Waals surface area contributed by atoms with Crippen molar-refractivity contribution in [3.8, 4) is 6.07 Å². The van der Waals surface area contributed by atoms with Crippen LogP contribution in [-0.2, 0) is 9.53 Å². The molecule has 0 atom stereocenters. The van der Waals surface area contributed by atoms with E-state index in [4.69, 9.17) is 10.00 Å². The van der Waals surface area contributed by atoms with Gasteiger partial charge in [-0.3, -0.25) is 0 Å². The van der Waals surface area contributed by atoms with Gasteiger partial charge in [0.05, 0.1) is 6.23 Å². The number of carbonyl (C=O) groups excluding carboxylic acids is 1. The molecule has 0 saturated heterocycles. The van der Waals surface area contributed by atoms with Gasteiger partial charge in [-0.05, 0) is 6.08 Å². The molecule has 0 aromatic heterocycles. The van der Waals surface area contributed by atoms with Crippen LogP contribution in [0.25, 0.3) is 0 Å². The fourth-order valence-electron chi connectivity index (χ4n) is 1.57. The molecule has 0 heterocycles. The Hall–Kier alpha value is -2.12. The molecule has 98 valence electrons. The van der Waals surface area contributed by atoms with E-state index in [1.165, 1.54) is 17.3 Å². The first-order valence-corrected chi connectivity index (χ1v) is 9.17. The molecule has 0 unspecified atom stereocenters. The summed E-state index contributed by atoms with van der Waals surface area (Å²) >= 11 is 0. The summed E-state index contributed by atoms with van der Waals surface area (Å²) in [7, 11) is -1.83. The van der Waals surface area contributed by atoms with Gasteiger partial charge in [0.1, 0.15) is 19.7 Å². The van der Waals surface area contributed by atoms with E-state index in [1.54, 1.807) is 0 Å². The first-order chi connectivity index (χ1) is 9.01. The zero-order chi connectivity index (χ0) is 14.3. The highest BCUT2D eigenvalue weighted by Gasteiger charge is 2.26. The molecule has 0 aliphatic heterocycles. The van der Waals surface area contributed by atoms with Crippen molar-refractivity contribution in [2.24, 2.45) is 0 Å². The number of allylic oxidation sites excluding steroid dienone is 2. The predicted octanol–water partition coefficient (Wildman–Crippen LogP) is 2.32. The molecule has 0 amide bonds. The molecule has 0 aliphatic carbocycles. The SMILES string of the molecule is C=C/C=C(\C#N)C(=O)OC[Si](C)(C)c1ccccc1. The number of hydrogen-bond acceptors (Lipinski definition) is 3. The lowest BCUT2D eigenvalue weighted by molar-refractivity contribution is -0.136. The molecule has 0 fully saturated rings. The molecule has 0 N–H and O–H groups in total. The van der Waals surface area contributed by atoms with Crippen LogP contribution in [-0.4, -0.2) is 20.3 Å². The van der Waals surface area contributed by atoms with Crippen LogP contribution in [0.3, 0.4) is 0 Å². The van der Waals surface area contributed by atoms with Crippen molar-refractivity contribution < 1.29 is 9.53 Å². The third-order valence-corrected chi connectivity index (χ3v) is 5.51. The first-order valence-electron chi connectivity index (χ1n) is 5.97. The number of rotatable bonds is 5. The monoisotopic (exact) mass is 271 g/mol. The molecule has 3 nitrogen and oxygen atoms in total. The first kappa shape index (κ1) is 14.9. The fraction of sp³-hybridized carbons (Fsp3) is 0.200. The van der Waals surface area contributed by atoms with E-state index in [-0.39, 0.29) is 5.57 Å². The minimum absolute atomic E-state index is 0.0205. The van der Waals surface area contributed by atoms with E-state index in [0.29, 0.717) is 6.23 Å². The molecular formula is C15H17NO2Si. The van der Waals surface area contributed by atoms with Gasteiger partial charge >= 0.3 is 5.97 Å². The second-order valence-corrected chi connectivity index (χ2v) is 9.39. The Kier molecular flexibility index (Phi) is 5.28. The van der Waals surface area contributed by atoms with Gasteiger partial charge in [0.2, 0.25) is 0 Å². The highest BCUT2D eigenvalue weighted by molar-refractivity contribution is 6.89. The lowest BCUT2D eigenvalue weighted by Crippen LogP contribution is -2.46. The van der Waals surface area contributed by atoms with Crippen molar-refractivity contribution in [1.29, 1.82) is 5.26 Å². The second-order valence-electron chi connectivity index (χ2n) is 4.75. The van der Waals surface area contributed by atoms with Gasteiger partial charge in [0.25, 0.3) is 0 Å². The van der Waals surface area contributed by atoms with Crippen LogP contribution in [0.15, 0.2) is 54.6 Å². The molecule has 19 heavy (non-hydrogen) atoms. The standard InChI is InChI=1S/C15H17NO2Si/c1-4-8-13(11-16)15(17)18-12-19(2,3)14-9-6-5-7-10-14/h4-10H,1,12H2,2-3H3/b13-8+. The van der Waals surface area contributed by atoms with E-state index >= 15 is 0 Å². The Morgan fingerprint density at radius 2 is 2.05 bits per heavy atom. The van der Waals surface area contributed by atoms with Crippen molar-refractivity contribution in [3.05, 3.63) is 54.6 Å². The van der Waals surface area contributed by atoms with E-state index in [0.717, 1.165) is 0 Å². The zero-order valence-corrected chi connectivity index (χ0v) is 12.2. The van der Waals surface area contributed by atoms with Crippen LogP contribution in [0.2, 0.25) is 13.1 Å². The van der Waals surface area contributed by atoms with Gasteiger partial charge in [-0.15, -0.1) is 0 Å². The molecule has 1 rings (SSSR count). The van der Waals surface area contributed by atoms with E-state index in [2.05, 4.69) is 19.7 Å². The summed E-state index contributed by atoms with van der Waals surface area (Å²) in [5, 5.41) is 10.0. The Morgan fingerprint density at radius 3 is 2.58 bits per heavy atom.